The van der Waals surface area contributed by atoms with Gasteiger partial charge in [0, 0.05) is 18.5 Å². The van der Waals surface area contributed by atoms with E-state index in [4.69, 9.17) is 8.83 Å². The van der Waals surface area contributed by atoms with E-state index in [0.29, 0.717) is 5.58 Å². The lowest BCUT2D eigenvalue weighted by Crippen LogP contribution is -2.34. The van der Waals surface area contributed by atoms with Crippen LogP contribution in [0.3, 0.4) is 0 Å². The molecular weight excluding hydrogens is 364 g/mol. The smallest absolute Gasteiger partial charge is 0.287 e. The number of hydrogen-bond acceptors (Lipinski definition) is 4. The van der Waals surface area contributed by atoms with Gasteiger partial charge in [0.2, 0.25) is 0 Å². The van der Waals surface area contributed by atoms with E-state index < -0.39 is 0 Å². The molecule has 7 heteroatoms. The summed E-state index contributed by atoms with van der Waals surface area (Å²) in [7, 11) is 0. The van der Waals surface area contributed by atoms with E-state index in [0.717, 1.165) is 9.86 Å². The van der Waals surface area contributed by atoms with E-state index in [1.165, 1.54) is 6.26 Å². The second-order valence-corrected chi connectivity index (χ2v) is 5.61. The van der Waals surface area contributed by atoms with Crippen molar-refractivity contribution in [2.75, 3.05) is 13.1 Å². The highest BCUT2D eigenvalue weighted by Gasteiger charge is 2.13. The summed E-state index contributed by atoms with van der Waals surface area (Å²) in [5.74, 6) is -0.194. The van der Waals surface area contributed by atoms with Gasteiger partial charge >= 0.3 is 0 Å². The largest absolute Gasteiger partial charge is 0.459 e. The van der Waals surface area contributed by atoms with Gasteiger partial charge in [-0.05, 0) is 40.2 Å². The molecule has 1 aromatic carbocycles. The van der Waals surface area contributed by atoms with Crippen LogP contribution in [0, 0.1) is 0 Å². The Morgan fingerprint density at radius 2 is 1.74 bits per heavy atom. The van der Waals surface area contributed by atoms with Crippen molar-refractivity contribution in [3.8, 4) is 0 Å². The first-order valence-electron chi connectivity index (χ1n) is 6.93. The average Bonchev–Trinajstić information content (AvgIpc) is 3.20. The molecule has 23 heavy (non-hydrogen) atoms. The number of fused-ring (bicyclic) bond motifs is 1. The van der Waals surface area contributed by atoms with Crippen LogP contribution in [0.25, 0.3) is 11.0 Å². The van der Waals surface area contributed by atoms with Crippen molar-refractivity contribution in [1.29, 1.82) is 0 Å². The number of rotatable bonds is 5. The molecule has 0 radical (unpaired) electrons. The molecule has 2 heterocycles. The fraction of sp³-hybridized carbons (Fsp3) is 0.125. The molecule has 3 rings (SSSR count). The summed E-state index contributed by atoms with van der Waals surface area (Å²) in [4.78, 5) is 23.7. The van der Waals surface area contributed by atoms with Gasteiger partial charge in [0.25, 0.3) is 11.8 Å². The van der Waals surface area contributed by atoms with Crippen LogP contribution in [0.15, 0.2) is 56.0 Å². The molecule has 2 amide bonds. The Morgan fingerprint density at radius 3 is 2.39 bits per heavy atom. The van der Waals surface area contributed by atoms with E-state index in [-0.39, 0.29) is 36.4 Å². The summed E-state index contributed by atoms with van der Waals surface area (Å²) in [5, 5.41) is 6.17. The molecule has 0 atom stereocenters. The third kappa shape index (κ3) is 3.45. The molecule has 0 aliphatic rings. The Kier molecular flexibility index (Phi) is 4.47. The lowest BCUT2D eigenvalue weighted by atomic mass is 10.2. The SMILES string of the molecule is O=C(NCCNC(=O)c1cc2cccc(Br)c2o1)c1ccco1. The van der Waals surface area contributed by atoms with Gasteiger partial charge in [0.05, 0.1) is 10.7 Å². The van der Waals surface area contributed by atoms with Crippen LogP contribution in [0.2, 0.25) is 0 Å². The number of carbonyl (C=O) groups is 2. The van der Waals surface area contributed by atoms with Crippen molar-refractivity contribution in [2.45, 2.75) is 0 Å². The minimum Gasteiger partial charge on any atom is -0.459 e. The Labute approximate surface area is 140 Å². The molecule has 0 unspecified atom stereocenters. The van der Waals surface area contributed by atoms with Gasteiger partial charge in [-0.1, -0.05) is 12.1 Å². The van der Waals surface area contributed by atoms with Gasteiger partial charge in [0.15, 0.2) is 11.5 Å². The van der Waals surface area contributed by atoms with Crippen LogP contribution < -0.4 is 10.6 Å². The standard InChI is InChI=1S/C16H13BrN2O4/c17-11-4-1-3-10-9-13(23-14(10)11)16(21)19-7-6-18-15(20)12-5-2-8-22-12/h1-5,8-9H,6-7H2,(H,18,20)(H,19,21). The molecule has 0 spiro atoms. The van der Waals surface area contributed by atoms with Gasteiger partial charge in [0.1, 0.15) is 5.58 Å². The Balaban J connectivity index is 1.52. The fourth-order valence-electron chi connectivity index (χ4n) is 2.07. The lowest BCUT2D eigenvalue weighted by Gasteiger charge is -2.04. The predicted octanol–water partition coefficient (Wildman–Crippen LogP) is 2.95. The van der Waals surface area contributed by atoms with Crippen LogP contribution in [0.5, 0.6) is 0 Å². The first-order chi connectivity index (χ1) is 11.1. The molecular formula is C16H13BrN2O4. The number of amides is 2. The number of benzene rings is 1. The maximum atomic E-state index is 12.0. The number of hydrogen-bond donors (Lipinski definition) is 2. The molecule has 3 aromatic rings. The van der Waals surface area contributed by atoms with Gasteiger partial charge in [-0.2, -0.15) is 0 Å². The highest BCUT2D eigenvalue weighted by molar-refractivity contribution is 9.10. The fourth-order valence-corrected chi connectivity index (χ4v) is 2.54. The maximum absolute atomic E-state index is 12.0. The molecule has 0 aliphatic heterocycles. The van der Waals surface area contributed by atoms with Crippen molar-refractivity contribution in [2.24, 2.45) is 0 Å². The zero-order chi connectivity index (χ0) is 16.2. The van der Waals surface area contributed by atoms with Crippen LogP contribution in [0.4, 0.5) is 0 Å². The monoisotopic (exact) mass is 376 g/mol. The molecule has 2 N–H and O–H groups in total. The second kappa shape index (κ2) is 6.70. The third-order valence-corrected chi connectivity index (χ3v) is 3.79. The normalized spacial score (nSPS) is 10.7. The highest BCUT2D eigenvalue weighted by Crippen LogP contribution is 2.26. The quantitative estimate of drug-likeness (QED) is 0.670. The minimum absolute atomic E-state index is 0.226. The number of furan rings is 2. The Morgan fingerprint density at radius 1 is 1.00 bits per heavy atom. The third-order valence-electron chi connectivity index (χ3n) is 3.16. The summed E-state index contributed by atoms with van der Waals surface area (Å²) >= 11 is 3.38. The highest BCUT2D eigenvalue weighted by atomic mass is 79.9. The van der Waals surface area contributed by atoms with Crippen molar-refractivity contribution in [3.63, 3.8) is 0 Å². The zero-order valence-corrected chi connectivity index (χ0v) is 13.6. The topological polar surface area (TPSA) is 84.5 Å². The second-order valence-electron chi connectivity index (χ2n) is 4.76. The summed E-state index contributed by atoms with van der Waals surface area (Å²) in [6.45, 7) is 0.568. The number of halogens is 1. The van der Waals surface area contributed by atoms with Crippen molar-refractivity contribution < 1.29 is 18.4 Å². The maximum Gasteiger partial charge on any atom is 0.287 e. The number of nitrogens with one attached hydrogen (secondary N) is 2. The lowest BCUT2D eigenvalue weighted by molar-refractivity contribution is 0.0901. The van der Waals surface area contributed by atoms with Gasteiger partial charge in [-0.25, -0.2) is 0 Å². The van der Waals surface area contributed by atoms with E-state index in [1.54, 1.807) is 18.2 Å². The molecule has 2 aromatic heterocycles. The van der Waals surface area contributed by atoms with Crippen LogP contribution in [-0.4, -0.2) is 24.9 Å². The summed E-state index contributed by atoms with van der Waals surface area (Å²) < 4.78 is 11.3. The van der Waals surface area contributed by atoms with E-state index >= 15 is 0 Å². The van der Waals surface area contributed by atoms with Crippen LogP contribution in [-0.2, 0) is 0 Å². The minimum atomic E-state index is -0.333. The van der Waals surface area contributed by atoms with Gasteiger partial charge in [-0.3, -0.25) is 9.59 Å². The van der Waals surface area contributed by atoms with E-state index in [2.05, 4.69) is 26.6 Å². The van der Waals surface area contributed by atoms with Gasteiger partial charge in [-0.15, -0.1) is 0 Å². The molecule has 0 saturated carbocycles. The summed E-state index contributed by atoms with van der Waals surface area (Å²) in [6.07, 6.45) is 1.43. The first-order valence-corrected chi connectivity index (χ1v) is 7.72. The molecule has 118 valence electrons. The van der Waals surface area contributed by atoms with Crippen molar-refractivity contribution in [3.05, 3.63) is 58.7 Å². The number of carbonyl (C=O) groups excluding carboxylic acids is 2. The molecule has 0 aliphatic carbocycles. The average molecular weight is 377 g/mol. The summed E-state index contributed by atoms with van der Waals surface area (Å²) in [6, 6.07) is 10.5. The predicted molar refractivity (Wildman–Crippen MR) is 87.3 cm³/mol. The zero-order valence-electron chi connectivity index (χ0n) is 12.0. The Bertz CT molecular complexity index is 839. The van der Waals surface area contributed by atoms with Gasteiger partial charge < -0.3 is 19.5 Å². The first kappa shape index (κ1) is 15.4. The number of para-hydroxylation sites is 1. The van der Waals surface area contributed by atoms with Crippen molar-refractivity contribution in [1.82, 2.24) is 10.6 Å². The molecule has 0 saturated heterocycles. The molecule has 0 bridgehead atoms. The van der Waals surface area contributed by atoms with E-state index in [1.807, 2.05) is 18.2 Å². The molecule has 6 nitrogen and oxygen atoms in total. The van der Waals surface area contributed by atoms with Crippen LogP contribution >= 0.6 is 15.9 Å². The van der Waals surface area contributed by atoms with E-state index in [9.17, 15) is 9.59 Å². The van der Waals surface area contributed by atoms with Crippen LogP contribution in [0.1, 0.15) is 21.1 Å². The summed E-state index contributed by atoms with van der Waals surface area (Å²) in [5.41, 5.74) is 0.628. The Hall–Kier alpha value is -2.54. The van der Waals surface area contributed by atoms with Crippen molar-refractivity contribution >= 4 is 38.7 Å². The molecule has 0 fully saturated rings.